The maximum absolute atomic E-state index is 11.7. The molecule has 1 fully saturated rings. The highest BCUT2D eigenvalue weighted by Gasteiger charge is 2.19. The van der Waals surface area contributed by atoms with Crippen molar-refractivity contribution in [2.75, 3.05) is 57.5 Å². The quantitative estimate of drug-likeness (QED) is 0.606. The molecule has 1 aliphatic heterocycles. The topological polar surface area (TPSA) is 82.2 Å². The molecular formula is C15H24ClN5O2S. The van der Waals surface area contributed by atoms with Gasteiger partial charge >= 0.3 is 0 Å². The predicted octanol–water partition coefficient (Wildman–Crippen LogP) is 0.668. The molecular weight excluding hydrogens is 350 g/mol. The van der Waals surface area contributed by atoms with E-state index in [0.717, 1.165) is 36.9 Å². The van der Waals surface area contributed by atoms with Gasteiger partial charge in [0.15, 0.2) is 5.96 Å². The van der Waals surface area contributed by atoms with Gasteiger partial charge in [-0.15, -0.1) is 0 Å². The Morgan fingerprint density at radius 3 is 2.33 bits per heavy atom. The summed E-state index contributed by atoms with van der Waals surface area (Å²) >= 11 is 5.91. The summed E-state index contributed by atoms with van der Waals surface area (Å²) in [7, 11) is -0.215. The van der Waals surface area contributed by atoms with E-state index in [1.807, 2.05) is 29.2 Å². The van der Waals surface area contributed by atoms with E-state index in [4.69, 9.17) is 17.3 Å². The molecule has 134 valence electrons. The lowest BCUT2D eigenvalue weighted by atomic mass is 10.2. The maximum Gasteiger partial charge on any atom is 0.215 e. The predicted molar refractivity (Wildman–Crippen MR) is 99.2 cm³/mol. The van der Waals surface area contributed by atoms with Crippen molar-refractivity contribution in [3.05, 3.63) is 29.3 Å². The fourth-order valence-electron chi connectivity index (χ4n) is 2.40. The van der Waals surface area contributed by atoms with Gasteiger partial charge in [0.05, 0.1) is 12.3 Å². The average molecular weight is 374 g/mol. The molecule has 7 nitrogen and oxygen atoms in total. The van der Waals surface area contributed by atoms with Crippen molar-refractivity contribution in [3.63, 3.8) is 0 Å². The Balaban J connectivity index is 1.85. The smallest absolute Gasteiger partial charge is 0.215 e. The minimum absolute atomic E-state index is 0.0363. The fraction of sp³-hybridized carbons (Fsp3) is 0.533. The third kappa shape index (κ3) is 4.99. The molecule has 0 amide bonds. The number of hydrogen-bond donors (Lipinski definition) is 1. The molecule has 1 aliphatic rings. The van der Waals surface area contributed by atoms with Crippen LogP contribution < -0.4 is 10.6 Å². The van der Waals surface area contributed by atoms with Crippen LogP contribution in [0.2, 0.25) is 5.02 Å². The van der Waals surface area contributed by atoms with E-state index in [1.165, 1.54) is 18.4 Å². The Kier molecular flexibility index (Phi) is 6.31. The van der Waals surface area contributed by atoms with Gasteiger partial charge < -0.3 is 15.5 Å². The standard InChI is InChI=1S/C15H24ClN5O2S/c1-19(2)24(22,23)12-7-18-15(17)21-10-8-20(9-11-21)14-5-3-13(16)4-6-14/h3-6H,7-12H2,1-2H3,(H2,17,18). The molecule has 2 rings (SSSR count). The number of nitrogens with two attached hydrogens (primary N) is 1. The van der Waals surface area contributed by atoms with E-state index in [2.05, 4.69) is 9.89 Å². The summed E-state index contributed by atoms with van der Waals surface area (Å²) in [5, 5.41) is 0.724. The molecule has 24 heavy (non-hydrogen) atoms. The third-order valence-electron chi connectivity index (χ3n) is 3.97. The average Bonchev–Trinajstić information content (AvgIpc) is 2.55. The van der Waals surface area contributed by atoms with Gasteiger partial charge in [0.2, 0.25) is 10.0 Å². The van der Waals surface area contributed by atoms with Crippen molar-refractivity contribution in [2.45, 2.75) is 0 Å². The molecule has 0 radical (unpaired) electrons. The van der Waals surface area contributed by atoms with Crippen LogP contribution in [0.4, 0.5) is 5.69 Å². The van der Waals surface area contributed by atoms with Crippen LogP contribution in [0.5, 0.6) is 0 Å². The van der Waals surface area contributed by atoms with Crippen LogP contribution in [0.1, 0.15) is 0 Å². The highest BCUT2D eigenvalue weighted by atomic mass is 35.5. The fourth-order valence-corrected chi connectivity index (χ4v) is 3.22. The highest BCUT2D eigenvalue weighted by molar-refractivity contribution is 7.89. The second-order valence-electron chi connectivity index (χ2n) is 5.79. The van der Waals surface area contributed by atoms with Crippen molar-refractivity contribution in [3.8, 4) is 0 Å². The van der Waals surface area contributed by atoms with Gasteiger partial charge in [-0.1, -0.05) is 11.6 Å². The van der Waals surface area contributed by atoms with Crippen LogP contribution in [0.25, 0.3) is 0 Å². The SMILES string of the molecule is CN(C)S(=O)(=O)CCN=C(N)N1CCN(c2ccc(Cl)cc2)CC1. The van der Waals surface area contributed by atoms with E-state index >= 15 is 0 Å². The van der Waals surface area contributed by atoms with Crippen LogP contribution in [0.15, 0.2) is 29.3 Å². The molecule has 1 aromatic carbocycles. The maximum atomic E-state index is 11.7. The van der Waals surface area contributed by atoms with Crippen LogP contribution in [-0.2, 0) is 10.0 Å². The monoisotopic (exact) mass is 373 g/mol. The molecule has 2 N–H and O–H groups in total. The lowest BCUT2D eigenvalue weighted by Crippen LogP contribution is -2.51. The summed E-state index contributed by atoms with van der Waals surface area (Å²) in [5.41, 5.74) is 7.12. The van der Waals surface area contributed by atoms with E-state index in [9.17, 15) is 8.42 Å². The summed E-state index contributed by atoms with van der Waals surface area (Å²) in [6, 6.07) is 7.76. The number of piperazine rings is 1. The molecule has 0 atom stereocenters. The van der Waals surface area contributed by atoms with Gasteiger partial charge in [-0.2, -0.15) is 0 Å². The Labute approximate surface area is 148 Å². The van der Waals surface area contributed by atoms with Crippen molar-refractivity contribution in [1.82, 2.24) is 9.21 Å². The molecule has 1 heterocycles. The van der Waals surface area contributed by atoms with Gasteiger partial charge in [0, 0.05) is 51.0 Å². The molecule has 0 bridgehead atoms. The summed E-state index contributed by atoms with van der Waals surface area (Å²) in [6.45, 7) is 3.32. The van der Waals surface area contributed by atoms with Crippen molar-refractivity contribution in [2.24, 2.45) is 10.7 Å². The number of halogens is 1. The zero-order valence-corrected chi connectivity index (χ0v) is 15.6. The number of nitrogens with zero attached hydrogens (tertiary/aromatic N) is 4. The van der Waals surface area contributed by atoms with E-state index in [0.29, 0.717) is 5.96 Å². The van der Waals surface area contributed by atoms with Gasteiger partial charge in [-0.25, -0.2) is 12.7 Å². The van der Waals surface area contributed by atoms with Crippen LogP contribution in [0.3, 0.4) is 0 Å². The number of anilines is 1. The minimum atomic E-state index is -3.24. The Morgan fingerprint density at radius 1 is 1.21 bits per heavy atom. The normalized spacial score (nSPS) is 16.8. The molecule has 0 unspecified atom stereocenters. The van der Waals surface area contributed by atoms with Gasteiger partial charge in [0.1, 0.15) is 0 Å². The summed E-state index contributed by atoms with van der Waals surface area (Å²) in [4.78, 5) is 8.44. The summed E-state index contributed by atoms with van der Waals surface area (Å²) in [6.07, 6.45) is 0. The second-order valence-corrected chi connectivity index (χ2v) is 8.53. The Bertz CT molecular complexity index is 668. The number of rotatable bonds is 5. The van der Waals surface area contributed by atoms with Gasteiger partial charge in [-0.3, -0.25) is 4.99 Å². The first-order valence-corrected chi connectivity index (χ1v) is 9.74. The zero-order valence-electron chi connectivity index (χ0n) is 14.0. The molecule has 0 aromatic heterocycles. The van der Waals surface area contributed by atoms with Crippen LogP contribution in [-0.4, -0.2) is 76.2 Å². The Morgan fingerprint density at radius 2 is 1.79 bits per heavy atom. The second kappa shape index (κ2) is 8.04. The largest absolute Gasteiger partial charge is 0.370 e. The molecule has 0 saturated carbocycles. The molecule has 1 aromatic rings. The molecule has 9 heteroatoms. The highest BCUT2D eigenvalue weighted by Crippen LogP contribution is 2.19. The third-order valence-corrected chi connectivity index (χ3v) is 6.04. The first kappa shape index (κ1) is 18.8. The number of sulfonamides is 1. The lowest BCUT2D eigenvalue weighted by Gasteiger charge is -2.36. The lowest BCUT2D eigenvalue weighted by molar-refractivity contribution is 0.381. The number of aliphatic imine (C=N–C) groups is 1. The number of guanidine groups is 1. The van der Waals surface area contributed by atoms with Gasteiger partial charge in [0.25, 0.3) is 0 Å². The number of benzene rings is 1. The summed E-state index contributed by atoms with van der Waals surface area (Å²) in [5.74, 6) is 0.366. The van der Waals surface area contributed by atoms with Crippen LogP contribution >= 0.6 is 11.6 Å². The van der Waals surface area contributed by atoms with Crippen molar-refractivity contribution < 1.29 is 8.42 Å². The summed E-state index contributed by atoms with van der Waals surface area (Å²) < 4.78 is 24.6. The zero-order chi connectivity index (χ0) is 17.7. The van der Waals surface area contributed by atoms with Crippen molar-refractivity contribution >= 4 is 33.3 Å². The molecule has 0 aliphatic carbocycles. The van der Waals surface area contributed by atoms with Crippen LogP contribution in [0, 0.1) is 0 Å². The Hall–Kier alpha value is -1.51. The van der Waals surface area contributed by atoms with E-state index < -0.39 is 10.0 Å². The first-order valence-electron chi connectivity index (χ1n) is 7.75. The minimum Gasteiger partial charge on any atom is -0.370 e. The van der Waals surface area contributed by atoms with Gasteiger partial charge in [-0.05, 0) is 24.3 Å². The van der Waals surface area contributed by atoms with Crippen molar-refractivity contribution in [1.29, 1.82) is 0 Å². The molecule has 1 saturated heterocycles. The molecule has 0 spiro atoms. The van der Waals surface area contributed by atoms with E-state index in [-0.39, 0.29) is 12.3 Å². The van der Waals surface area contributed by atoms with E-state index in [1.54, 1.807) is 0 Å². The first-order chi connectivity index (χ1) is 11.3. The number of hydrogen-bond acceptors (Lipinski definition) is 4.